The van der Waals surface area contributed by atoms with Gasteiger partial charge in [0.15, 0.2) is 0 Å². The molecule has 0 radical (unpaired) electrons. The number of anilines is 1. The van der Waals surface area contributed by atoms with E-state index >= 15 is 0 Å². The van der Waals surface area contributed by atoms with Crippen LogP contribution in [0.4, 0.5) is 5.69 Å². The molecule has 3 heterocycles. The Hall–Kier alpha value is -2.69. The Kier molecular flexibility index (Phi) is 3.76. The molecule has 0 saturated heterocycles. The van der Waals surface area contributed by atoms with Gasteiger partial charge in [0.1, 0.15) is 0 Å². The summed E-state index contributed by atoms with van der Waals surface area (Å²) in [5.74, 6) is 0.137. The number of nitrogens with one attached hydrogen (secondary N) is 1. The number of pyridine rings is 1. The molecule has 122 valence electrons. The molecule has 0 spiro atoms. The number of nitrogens with zero attached hydrogens (tertiary/aromatic N) is 2. The zero-order valence-corrected chi connectivity index (χ0v) is 13.4. The Morgan fingerprint density at radius 3 is 2.67 bits per heavy atom. The van der Waals surface area contributed by atoms with E-state index in [4.69, 9.17) is 0 Å². The lowest BCUT2D eigenvalue weighted by molar-refractivity contribution is -0.119. The van der Waals surface area contributed by atoms with Crippen LogP contribution >= 0.6 is 0 Å². The Morgan fingerprint density at radius 1 is 1.12 bits per heavy atom. The predicted molar refractivity (Wildman–Crippen MR) is 90.8 cm³/mol. The second-order valence-corrected chi connectivity index (χ2v) is 6.33. The van der Waals surface area contributed by atoms with Crippen LogP contribution in [0.3, 0.4) is 0 Å². The van der Waals surface area contributed by atoms with Crippen LogP contribution in [0, 0.1) is 0 Å². The second-order valence-electron chi connectivity index (χ2n) is 6.33. The van der Waals surface area contributed by atoms with E-state index in [1.54, 1.807) is 12.4 Å². The molecule has 2 aliphatic heterocycles. The molecule has 0 atom stereocenters. The summed E-state index contributed by atoms with van der Waals surface area (Å²) in [5, 5.41) is 2.96. The number of rotatable bonds is 3. The fraction of sp³-hybridized carbons (Fsp3) is 0.316. The first-order valence-corrected chi connectivity index (χ1v) is 8.35. The quantitative estimate of drug-likeness (QED) is 0.943. The zero-order chi connectivity index (χ0) is 16.5. The van der Waals surface area contributed by atoms with Gasteiger partial charge >= 0.3 is 0 Å². The van der Waals surface area contributed by atoms with Crippen molar-refractivity contribution in [2.75, 3.05) is 11.4 Å². The number of amides is 2. The van der Waals surface area contributed by atoms with Crippen molar-refractivity contribution >= 4 is 17.5 Å². The maximum absolute atomic E-state index is 12.5. The summed E-state index contributed by atoms with van der Waals surface area (Å²) in [7, 11) is 0. The van der Waals surface area contributed by atoms with Gasteiger partial charge in [-0.2, -0.15) is 0 Å². The first kappa shape index (κ1) is 14.9. The van der Waals surface area contributed by atoms with Gasteiger partial charge in [0.25, 0.3) is 5.91 Å². The molecule has 5 heteroatoms. The van der Waals surface area contributed by atoms with E-state index in [0.29, 0.717) is 18.5 Å². The molecule has 1 N–H and O–H groups in total. The summed E-state index contributed by atoms with van der Waals surface area (Å²) in [6.07, 6.45) is 6.59. The van der Waals surface area contributed by atoms with Gasteiger partial charge in [-0.15, -0.1) is 0 Å². The molecular formula is C19H19N3O2. The lowest BCUT2D eigenvalue weighted by Crippen LogP contribution is -2.39. The summed E-state index contributed by atoms with van der Waals surface area (Å²) in [6, 6.07) is 7.68. The Bertz CT molecular complexity index is 785. The molecule has 2 amide bonds. The average Bonchev–Trinajstić information content (AvgIpc) is 2.63. The van der Waals surface area contributed by atoms with Gasteiger partial charge in [-0.05, 0) is 60.2 Å². The fourth-order valence-electron chi connectivity index (χ4n) is 3.57. The number of hydrogen-bond acceptors (Lipinski definition) is 3. The van der Waals surface area contributed by atoms with Gasteiger partial charge in [-0.25, -0.2) is 0 Å². The van der Waals surface area contributed by atoms with E-state index in [2.05, 4.69) is 10.3 Å². The topological polar surface area (TPSA) is 62.3 Å². The standard InChI is InChI=1S/C19H19N3O2/c23-17-4-3-15-11-16(10-14-2-1-9-22(17)18(14)15)19(24)21-12-13-5-7-20-8-6-13/h5-8,10-11H,1-4,9,12H2,(H,21,24). The van der Waals surface area contributed by atoms with Crippen molar-refractivity contribution in [3.05, 3.63) is 58.9 Å². The van der Waals surface area contributed by atoms with Gasteiger partial charge in [0, 0.05) is 37.5 Å². The summed E-state index contributed by atoms with van der Waals surface area (Å²) in [4.78, 5) is 30.5. The SMILES string of the molecule is O=C(NCc1ccncc1)c1cc2c3c(c1)CCC(=O)N3CCC2. The second kappa shape index (κ2) is 6.07. The number of benzene rings is 1. The predicted octanol–water partition coefficient (Wildman–Crippen LogP) is 2.24. The molecule has 0 fully saturated rings. The Labute approximate surface area is 140 Å². The molecule has 2 aliphatic rings. The van der Waals surface area contributed by atoms with Crippen LogP contribution in [-0.4, -0.2) is 23.3 Å². The molecule has 1 aromatic heterocycles. The van der Waals surface area contributed by atoms with Crippen LogP contribution < -0.4 is 10.2 Å². The van der Waals surface area contributed by atoms with Gasteiger partial charge in [-0.3, -0.25) is 14.6 Å². The molecule has 24 heavy (non-hydrogen) atoms. The zero-order valence-electron chi connectivity index (χ0n) is 13.4. The van der Waals surface area contributed by atoms with E-state index < -0.39 is 0 Å². The summed E-state index contributed by atoms with van der Waals surface area (Å²) in [6.45, 7) is 1.28. The third-order valence-corrected chi connectivity index (χ3v) is 4.74. The largest absolute Gasteiger partial charge is 0.348 e. The van der Waals surface area contributed by atoms with Gasteiger partial charge < -0.3 is 10.2 Å². The van der Waals surface area contributed by atoms with E-state index in [1.807, 2.05) is 29.2 Å². The molecule has 0 aliphatic carbocycles. The van der Waals surface area contributed by atoms with Crippen LogP contribution in [-0.2, 0) is 24.2 Å². The van der Waals surface area contributed by atoms with Crippen LogP contribution in [0.25, 0.3) is 0 Å². The van der Waals surface area contributed by atoms with E-state index in [1.165, 1.54) is 0 Å². The minimum Gasteiger partial charge on any atom is -0.348 e. The molecule has 2 aromatic rings. The Morgan fingerprint density at radius 2 is 1.88 bits per heavy atom. The van der Waals surface area contributed by atoms with Crippen molar-refractivity contribution in [2.45, 2.75) is 32.2 Å². The summed E-state index contributed by atoms with van der Waals surface area (Å²) < 4.78 is 0. The number of aromatic nitrogens is 1. The minimum atomic E-state index is -0.0696. The fourth-order valence-corrected chi connectivity index (χ4v) is 3.57. The molecule has 5 nitrogen and oxygen atoms in total. The number of aryl methyl sites for hydroxylation is 2. The first-order valence-electron chi connectivity index (χ1n) is 8.35. The van der Waals surface area contributed by atoms with Crippen molar-refractivity contribution in [3.8, 4) is 0 Å². The number of carbonyl (C=O) groups excluding carboxylic acids is 2. The number of carbonyl (C=O) groups is 2. The lowest BCUT2D eigenvalue weighted by Gasteiger charge is -2.35. The highest BCUT2D eigenvalue weighted by atomic mass is 16.2. The average molecular weight is 321 g/mol. The van der Waals surface area contributed by atoms with Crippen LogP contribution in [0.5, 0.6) is 0 Å². The molecule has 0 unspecified atom stereocenters. The van der Waals surface area contributed by atoms with Crippen molar-refractivity contribution in [1.29, 1.82) is 0 Å². The first-order chi connectivity index (χ1) is 11.7. The molecule has 0 saturated carbocycles. The van der Waals surface area contributed by atoms with Crippen LogP contribution in [0.1, 0.15) is 39.9 Å². The van der Waals surface area contributed by atoms with Gasteiger partial charge in [0.2, 0.25) is 5.91 Å². The molecule has 1 aromatic carbocycles. The normalized spacial score (nSPS) is 15.8. The van der Waals surface area contributed by atoms with Gasteiger partial charge in [-0.1, -0.05) is 0 Å². The minimum absolute atomic E-state index is 0.0696. The van der Waals surface area contributed by atoms with Crippen molar-refractivity contribution in [1.82, 2.24) is 10.3 Å². The van der Waals surface area contributed by atoms with Crippen molar-refractivity contribution in [3.63, 3.8) is 0 Å². The van der Waals surface area contributed by atoms with Crippen LogP contribution in [0.2, 0.25) is 0 Å². The van der Waals surface area contributed by atoms with Crippen molar-refractivity contribution in [2.24, 2.45) is 0 Å². The van der Waals surface area contributed by atoms with E-state index in [0.717, 1.165) is 48.2 Å². The molecular weight excluding hydrogens is 302 g/mol. The highest BCUT2D eigenvalue weighted by Gasteiger charge is 2.30. The third kappa shape index (κ3) is 2.66. The highest BCUT2D eigenvalue weighted by Crippen LogP contribution is 2.36. The molecule has 0 bridgehead atoms. The summed E-state index contributed by atoms with van der Waals surface area (Å²) >= 11 is 0. The number of hydrogen-bond donors (Lipinski definition) is 1. The highest BCUT2D eigenvalue weighted by molar-refractivity contribution is 6.00. The van der Waals surface area contributed by atoms with Gasteiger partial charge in [0.05, 0.1) is 5.69 Å². The molecule has 4 rings (SSSR count). The Balaban J connectivity index is 1.58. The maximum atomic E-state index is 12.5. The summed E-state index contributed by atoms with van der Waals surface area (Å²) in [5.41, 5.74) is 5.02. The van der Waals surface area contributed by atoms with Crippen molar-refractivity contribution < 1.29 is 9.59 Å². The third-order valence-electron chi connectivity index (χ3n) is 4.74. The van der Waals surface area contributed by atoms with E-state index in [9.17, 15) is 9.59 Å². The monoisotopic (exact) mass is 321 g/mol. The van der Waals surface area contributed by atoms with E-state index in [-0.39, 0.29) is 11.8 Å². The lowest BCUT2D eigenvalue weighted by atomic mass is 9.89. The maximum Gasteiger partial charge on any atom is 0.251 e. The van der Waals surface area contributed by atoms with Crippen LogP contribution in [0.15, 0.2) is 36.7 Å². The smallest absolute Gasteiger partial charge is 0.251 e.